The molecule has 17 heavy (non-hydrogen) atoms. The van der Waals surface area contributed by atoms with Crippen LogP contribution < -0.4 is 5.32 Å². The molecule has 0 bridgehead atoms. The molecule has 1 N–H and O–H groups in total. The lowest BCUT2D eigenvalue weighted by atomic mass is 9.78. The fourth-order valence-electron chi connectivity index (χ4n) is 3.13. The summed E-state index contributed by atoms with van der Waals surface area (Å²) in [4.78, 5) is 0. The molecule has 1 aromatic heterocycles. The zero-order valence-electron chi connectivity index (χ0n) is 11.4. The Balaban J connectivity index is 1.90. The van der Waals surface area contributed by atoms with Crippen molar-refractivity contribution in [2.24, 2.45) is 18.9 Å². The van der Waals surface area contributed by atoms with E-state index in [9.17, 15) is 0 Å². The van der Waals surface area contributed by atoms with Crippen LogP contribution in [0.5, 0.6) is 0 Å². The van der Waals surface area contributed by atoms with Gasteiger partial charge < -0.3 is 9.88 Å². The zero-order chi connectivity index (χ0) is 12.3. The van der Waals surface area contributed by atoms with Gasteiger partial charge in [-0.25, -0.2) is 0 Å². The maximum atomic E-state index is 3.78. The first-order valence-corrected chi connectivity index (χ1v) is 7.02. The average Bonchev–Trinajstić information content (AvgIpc) is 2.72. The standard InChI is InChI=1S/C15H26N2/c1-12(2)14-8-4-5-9-15(14)16-11-13-7-6-10-17(13)3/h6-7,10,12,14-16H,4-5,8-9,11H2,1-3H3. The molecule has 0 amide bonds. The summed E-state index contributed by atoms with van der Waals surface area (Å²) in [5, 5.41) is 3.78. The summed E-state index contributed by atoms with van der Waals surface area (Å²) in [7, 11) is 2.12. The fraction of sp³-hybridized carbons (Fsp3) is 0.733. The normalized spacial score (nSPS) is 25.4. The van der Waals surface area contributed by atoms with Crippen LogP contribution in [0.1, 0.15) is 45.2 Å². The van der Waals surface area contributed by atoms with Crippen molar-refractivity contribution in [3.63, 3.8) is 0 Å². The highest BCUT2D eigenvalue weighted by molar-refractivity contribution is 5.06. The molecule has 96 valence electrons. The van der Waals surface area contributed by atoms with E-state index in [1.54, 1.807) is 0 Å². The van der Waals surface area contributed by atoms with Crippen LogP contribution in [0.2, 0.25) is 0 Å². The summed E-state index contributed by atoms with van der Waals surface area (Å²) >= 11 is 0. The molecule has 2 rings (SSSR count). The van der Waals surface area contributed by atoms with Gasteiger partial charge in [0.1, 0.15) is 0 Å². The van der Waals surface area contributed by atoms with E-state index in [1.807, 2.05) is 0 Å². The minimum absolute atomic E-state index is 0.721. The van der Waals surface area contributed by atoms with Crippen LogP contribution in [0.15, 0.2) is 18.3 Å². The first-order chi connectivity index (χ1) is 8.18. The maximum Gasteiger partial charge on any atom is 0.0361 e. The summed E-state index contributed by atoms with van der Waals surface area (Å²) in [5.74, 6) is 1.67. The number of nitrogens with zero attached hydrogens (tertiary/aromatic N) is 1. The lowest BCUT2D eigenvalue weighted by molar-refractivity contribution is 0.204. The van der Waals surface area contributed by atoms with Crippen LogP contribution in [-0.2, 0) is 13.6 Å². The highest BCUT2D eigenvalue weighted by Gasteiger charge is 2.26. The largest absolute Gasteiger partial charge is 0.353 e. The second kappa shape index (κ2) is 5.72. The van der Waals surface area contributed by atoms with Gasteiger partial charge in [0.25, 0.3) is 0 Å². The highest BCUT2D eigenvalue weighted by Crippen LogP contribution is 2.30. The molecule has 1 aromatic rings. The molecule has 2 heteroatoms. The fourth-order valence-corrected chi connectivity index (χ4v) is 3.13. The topological polar surface area (TPSA) is 17.0 Å². The molecule has 1 aliphatic rings. The van der Waals surface area contributed by atoms with Gasteiger partial charge >= 0.3 is 0 Å². The average molecular weight is 234 g/mol. The van der Waals surface area contributed by atoms with Crippen LogP contribution >= 0.6 is 0 Å². The lowest BCUT2D eigenvalue weighted by Gasteiger charge is -2.35. The van der Waals surface area contributed by atoms with Crippen molar-refractivity contribution >= 4 is 0 Å². The summed E-state index contributed by atoms with van der Waals surface area (Å²) in [5.41, 5.74) is 1.39. The molecule has 1 aliphatic carbocycles. The minimum atomic E-state index is 0.721. The Labute approximate surface area is 105 Å². The summed E-state index contributed by atoms with van der Waals surface area (Å²) < 4.78 is 2.21. The Bertz CT molecular complexity index is 340. The number of nitrogens with one attached hydrogen (secondary N) is 1. The second-order valence-electron chi connectivity index (χ2n) is 5.79. The van der Waals surface area contributed by atoms with E-state index >= 15 is 0 Å². The quantitative estimate of drug-likeness (QED) is 0.845. The van der Waals surface area contributed by atoms with Crippen LogP contribution in [0.4, 0.5) is 0 Å². The molecule has 0 spiro atoms. The number of hydrogen-bond donors (Lipinski definition) is 1. The van der Waals surface area contributed by atoms with E-state index in [0.717, 1.165) is 24.4 Å². The van der Waals surface area contributed by atoms with Gasteiger partial charge in [0, 0.05) is 31.5 Å². The molecule has 2 nitrogen and oxygen atoms in total. The molecule has 1 saturated carbocycles. The molecule has 1 fully saturated rings. The van der Waals surface area contributed by atoms with Crippen LogP contribution in [-0.4, -0.2) is 10.6 Å². The Morgan fingerprint density at radius 1 is 1.35 bits per heavy atom. The third-order valence-electron chi connectivity index (χ3n) is 4.27. The molecule has 2 atom stereocenters. The highest BCUT2D eigenvalue weighted by atomic mass is 15.0. The van der Waals surface area contributed by atoms with E-state index in [-0.39, 0.29) is 0 Å². The van der Waals surface area contributed by atoms with E-state index in [1.165, 1.54) is 31.4 Å². The van der Waals surface area contributed by atoms with E-state index in [0.29, 0.717) is 0 Å². The molecule has 0 aromatic carbocycles. The lowest BCUT2D eigenvalue weighted by Crippen LogP contribution is -2.40. The first-order valence-electron chi connectivity index (χ1n) is 7.02. The maximum absolute atomic E-state index is 3.78. The van der Waals surface area contributed by atoms with Crippen LogP contribution in [0.25, 0.3) is 0 Å². The Kier molecular flexibility index (Phi) is 4.27. The van der Waals surface area contributed by atoms with Gasteiger partial charge in [-0.2, -0.15) is 0 Å². The predicted molar refractivity (Wildman–Crippen MR) is 72.8 cm³/mol. The van der Waals surface area contributed by atoms with Gasteiger partial charge in [0.15, 0.2) is 0 Å². The van der Waals surface area contributed by atoms with Gasteiger partial charge in [-0.1, -0.05) is 26.7 Å². The van der Waals surface area contributed by atoms with Crippen LogP contribution in [0, 0.1) is 11.8 Å². The number of aryl methyl sites for hydroxylation is 1. The number of aromatic nitrogens is 1. The van der Waals surface area contributed by atoms with E-state index in [4.69, 9.17) is 0 Å². The molecule has 0 saturated heterocycles. The van der Waals surface area contributed by atoms with Crippen molar-refractivity contribution in [1.82, 2.24) is 9.88 Å². The third kappa shape index (κ3) is 3.12. The van der Waals surface area contributed by atoms with Crippen molar-refractivity contribution in [2.45, 2.75) is 52.1 Å². The minimum Gasteiger partial charge on any atom is -0.353 e. The Morgan fingerprint density at radius 3 is 2.76 bits per heavy atom. The van der Waals surface area contributed by atoms with Crippen molar-refractivity contribution in [3.05, 3.63) is 24.0 Å². The SMILES string of the molecule is CC(C)C1CCCCC1NCc1cccn1C. The van der Waals surface area contributed by atoms with Gasteiger partial charge in [-0.3, -0.25) is 0 Å². The molecular weight excluding hydrogens is 208 g/mol. The van der Waals surface area contributed by atoms with Crippen LogP contribution in [0.3, 0.4) is 0 Å². The van der Waals surface area contributed by atoms with Crippen molar-refractivity contribution < 1.29 is 0 Å². The number of hydrogen-bond acceptors (Lipinski definition) is 1. The Morgan fingerprint density at radius 2 is 2.12 bits per heavy atom. The summed E-state index contributed by atoms with van der Waals surface area (Å²) in [6.45, 7) is 5.75. The van der Waals surface area contributed by atoms with Crippen molar-refractivity contribution in [3.8, 4) is 0 Å². The zero-order valence-corrected chi connectivity index (χ0v) is 11.4. The summed E-state index contributed by atoms with van der Waals surface area (Å²) in [6.07, 6.45) is 7.70. The molecule has 2 unspecified atom stereocenters. The summed E-state index contributed by atoms with van der Waals surface area (Å²) in [6, 6.07) is 5.05. The Hall–Kier alpha value is -0.760. The van der Waals surface area contributed by atoms with Gasteiger partial charge in [0.2, 0.25) is 0 Å². The van der Waals surface area contributed by atoms with Gasteiger partial charge in [-0.05, 0) is 36.8 Å². The second-order valence-corrected chi connectivity index (χ2v) is 5.79. The monoisotopic (exact) mass is 234 g/mol. The van der Waals surface area contributed by atoms with E-state index in [2.05, 4.69) is 49.1 Å². The smallest absolute Gasteiger partial charge is 0.0361 e. The third-order valence-corrected chi connectivity index (χ3v) is 4.27. The first kappa shape index (κ1) is 12.7. The van der Waals surface area contributed by atoms with Gasteiger partial charge in [-0.15, -0.1) is 0 Å². The molecule has 1 heterocycles. The van der Waals surface area contributed by atoms with Gasteiger partial charge in [0.05, 0.1) is 0 Å². The molecule has 0 radical (unpaired) electrons. The number of rotatable bonds is 4. The van der Waals surface area contributed by atoms with Crippen molar-refractivity contribution in [2.75, 3.05) is 0 Å². The predicted octanol–water partition coefficient (Wildman–Crippen LogP) is 3.33. The molecular formula is C15H26N2. The molecule has 0 aliphatic heterocycles. The van der Waals surface area contributed by atoms with E-state index < -0.39 is 0 Å². The van der Waals surface area contributed by atoms with Crippen molar-refractivity contribution in [1.29, 1.82) is 0 Å².